The van der Waals surface area contributed by atoms with E-state index in [2.05, 4.69) is 30.7 Å². The number of benzene rings is 1. The van der Waals surface area contributed by atoms with Crippen molar-refractivity contribution < 1.29 is 4.79 Å². The van der Waals surface area contributed by atoms with Crippen molar-refractivity contribution in [3.8, 4) is 11.8 Å². The first-order valence-corrected chi connectivity index (χ1v) is 7.14. The summed E-state index contributed by atoms with van der Waals surface area (Å²) < 4.78 is 0. The first-order valence-electron chi connectivity index (χ1n) is 7.14. The normalized spacial score (nSPS) is 15.8. The van der Waals surface area contributed by atoms with Gasteiger partial charge >= 0.3 is 0 Å². The zero-order chi connectivity index (χ0) is 14.9. The quantitative estimate of drug-likeness (QED) is 0.687. The van der Waals surface area contributed by atoms with Crippen molar-refractivity contribution in [3.63, 3.8) is 0 Å². The summed E-state index contributed by atoms with van der Waals surface area (Å²) in [4.78, 5) is 16.7. The molecule has 1 aliphatic carbocycles. The van der Waals surface area contributed by atoms with E-state index in [0.717, 1.165) is 28.9 Å². The molecule has 1 aromatic carbocycles. The van der Waals surface area contributed by atoms with Crippen LogP contribution in [0.25, 0.3) is 0 Å². The summed E-state index contributed by atoms with van der Waals surface area (Å²) in [6, 6.07) is 13.5. The maximum Gasteiger partial charge on any atom is 0.165 e. The van der Waals surface area contributed by atoms with E-state index in [9.17, 15) is 4.79 Å². The van der Waals surface area contributed by atoms with Gasteiger partial charge in [0.2, 0.25) is 0 Å². The molecule has 0 saturated carbocycles. The first kappa shape index (κ1) is 13.6. The molecule has 0 amide bonds. The van der Waals surface area contributed by atoms with Crippen LogP contribution in [0.1, 0.15) is 47.6 Å². The Hall–Kier alpha value is -2.40. The third-order valence-electron chi connectivity index (χ3n) is 3.67. The molecule has 1 aromatic heterocycles. The number of carbonyl (C=O) groups is 1. The summed E-state index contributed by atoms with van der Waals surface area (Å²) in [7, 11) is 0. The molecular formula is C19H17NO. The Morgan fingerprint density at radius 3 is 2.52 bits per heavy atom. The Morgan fingerprint density at radius 2 is 1.76 bits per heavy atom. The van der Waals surface area contributed by atoms with Gasteiger partial charge in [-0.15, -0.1) is 0 Å². The molecule has 0 aliphatic heterocycles. The summed E-state index contributed by atoms with van der Waals surface area (Å²) in [5, 5.41) is 0. The van der Waals surface area contributed by atoms with Gasteiger partial charge in [0, 0.05) is 17.5 Å². The van der Waals surface area contributed by atoms with E-state index in [1.165, 1.54) is 0 Å². The molecule has 0 unspecified atom stereocenters. The number of aromatic nitrogens is 1. The SMILES string of the molecule is CC1(C)CC(=O)c2ccc(C#Cc3ccccc3)nc2C1. The molecule has 1 aliphatic rings. The highest BCUT2D eigenvalue weighted by Crippen LogP contribution is 2.33. The van der Waals surface area contributed by atoms with Gasteiger partial charge in [-0.3, -0.25) is 4.79 Å². The molecule has 0 bridgehead atoms. The number of carbonyl (C=O) groups excluding carboxylic acids is 1. The summed E-state index contributed by atoms with van der Waals surface area (Å²) in [5.41, 5.74) is 3.33. The van der Waals surface area contributed by atoms with E-state index in [-0.39, 0.29) is 11.2 Å². The molecule has 2 heteroatoms. The standard InChI is InChI=1S/C19H17NO/c1-19(2)12-17-16(18(21)13-19)11-10-15(20-17)9-8-14-6-4-3-5-7-14/h3-7,10-11H,12-13H2,1-2H3. The molecule has 0 N–H and O–H groups in total. The zero-order valence-corrected chi connectivity index (χ0v) is 12.3. The lowest BCUT2D eigenvalue weighted by Crippen LogP contribution is -2.28. The number of hydrogen-bond donors (Lipinski definition) is 0. The van der Waals surface area contributed by atoms with Crippen molar-refractivity contribution >= 4 is 5.78 Å². The fourth-order valence-corrected chi connectivity index (χ4v) is 2.66. The van der Waals surface area contributed by atoms with Crippen molar-refractivity contribution in [2.45, 2.75) is 26.7 Å². The van der Waals surface area contributed by atoms with Crippen LogP contribution in [0.5, 0.6) is 0 Å². The second kappa shape index (κ2) is 5.18. The van der Waals surface area contributed by atoms with Gasteiger partial charge in [0.1, 0.15) is 5.69 Å². The number of fused-ring (bicyclic) bond motifs is 1. The van der Waals surface area contributed by atoms with E-state index < -0.39 is 0 Å². The fourth-order valence-electron chi connectivity index (χ4n) is 2.66. The van der Waals surface area contributed by atoms with Crippen molar-refractivity contribution in [1.29, 1.82) is 0 Å². The van der Waals surface area contributed by atoms with Crippen LogP contribution in [0.15, 0.2) is 42.5 Å². The second-order valence-electron chi connectivity index (χ2n) is 6.25. The molecule has 3 rings (SSSR count). The highest BCUT2D eigenvalue weighted by atomic mass is 16.1. The number of ketones is 1. The van der Waals surface area contributed by atoms with Crippen LogP contribution in [-0.2, 0) is 6.42 Å². The van der Waals surface area contributed by atoms with Crippen LogP contribution in [-0.4, -0.2) is 10.8 Å². The molecule has 0 radical (unpaired) electrons. The molecule has 21 heavy (non-hydrogen) atoms. The number of hydrogen-bond acceptors (Lipinski definition) is 2. The molecule has 1 heterocycles. The largest absolute Gasteiger partial charge is 0.294 e. The van der Waals surface area contributed by atoms with Gasteiger partial charge in [-0.25, -0.2) is 4.98 Å². The number of nitrogens with zero attached hydrogens (tertiary/aromatic N) is 1. The van der Waals surface area contributed by atoms with E-state index in [0.29, 0.717) is 6.42 Å². The highest BCUT2D eigenvalue weighted by Gasteiger charge is 2.31. The lowest BCUT2D eigenvalue weighted by Gasteiger charge is -2.29. The Balaban J connectivity index is 1.94. The summed E-state index contributed by atoms with van der Waals surface area (Å²) >= 11 is 0. The Morgan fingerprint density at radius 1 is 1.00 bits per heavy atom. The van der Waals surface area contributed by atoms with E-state index in [1.807, 2.05) is 42.5 Å². The Kier molecular flexibility index (Phi) is 3.35. The van der Waals surface area contributed by atoms with E-state index >= 15 is 0 Å². The average molecular weight is 275 g/mol. The van der Waals surface area contributed by atoms with Gasteiger partial charge in [-0.05, 0) is 42.0 Å². The summed E-state index contributed by atoms with van der Waals surface area (Å²) in [6.45, 7) is 4.22. The van der Waals surface area contributed by atoms with Crippen LogP contribution in [0.4, 0.5) is 0 Å². The first-order chi connectivity index (χ1) is 10.0. The Bertz CT molecular complexity index is 748. The molecule has 0 spiro atoms. The molecule has 2 aromatic rings. The van der Waals surface area contributed by atoms with Gasteiger partial charge in [-0.2, -0.15) is 0 Å². The maximum absolute atomic E-state index is 12.1. The van der Waals surface area contributed by atoms with E-state index in [4.69, 9.17) is 0 Å². The van der Waals surface area contributed by atoms with Crippen LogP contribution in [0.3, 0.4) is 0 Å². The maximum atomic E-state index is 12.1. The zero-order valence-electron chi connectivity index (χ0n) is 12.3. The molecule has 104 valence electrons. The molecular weight excluding hydrogens is 258 g/mol. The third-order valence-corrected chi connectivity index (χ3v) is 3.67. The fraction of sp³-hybridized carbons (Fsp3) is 0.263. The lowest BCUT2D eigenvalue weighted by molar-refractivity contribution is 0.0910. The Labute approximate surface area is 125 Å². The molecule has 0 saturated heterocycles. The van der Waals surface area contributed by atoms with Crippen LogP contribution in [0, 0.1) is 17.3 Å². The van der Waals surface area contributed by atoms with Gasteiger partial charge in [0.15, 0.2) is 5.78 Å². The average Bonchev–Trinajstić information content (AvgIpc) is 2.44. The predicted molar refractivity (Wildman–Crippen MR) is 83.1 cm³/mol. The second-order valence-corrected chi connectivity index (χ2v) is 6.25. The number of Topliss-reactive ketones (excluding diaryl/α,β-unsaturated/α-hetero) is 1. The third kappa shape index (κ3) is 3.03. The topological polar surface area (TPSA) is 30.0 Å². The van der Waals surface area contributed by atoms with Gasteiger partial charge < -0.3 is 0 Å². The molecule has 2 nitrogen and oxygen atoms in total. The van der Waals surface area contributed by atoms with Crippen molar-refractivity contribution in [2.24, 2.45) is 5.41 Å². The van der Waals surface area contributed by atoms with Crippen LogP contribution < -0.4 is 0 Å². The minimum absolute atomic E-state index is 0.0113. The summed E-state index contributed by atoms with van der Waals surface area (Å²) in [5.74, 6) is 6.37. The smallest absolute Gasteiger partial charge is 0.165 e. The predicted octanol–water partition coefficient (Wildman–Crippen LogP) is 3.64. The van der Waals surface area contributed by atoms with E-state index in [1.54, 1.807) is 0 Å². The lowest BCUT2D eigenvalue weighted by atomic mass is 9.75. The molecule has 0 fully saturated rings. The minimum Gasteiger partial charge on any atom is -0.294 e. The monoisotopic (exact) mass is 275 g/mol. The van der Waals surface area contributed by atoms with Crippen molar-refractivity contribution in [3.05, 3.63) is 65.0 Å². The van der Waals surface area contributed by atoms with Crippen molar-refractivity contribution in [2.75, 3.05) is 0 Å². The van der Waals surface area contributed by atoms with Gasteiger partial charge in [0.25, 0.3) is 0 Å². The number of rotatable bonds is 0. The van der Waals surface area contributed by atoms with Crippen LogP contribution >= 0.6 is 0 Å². The number of pyridine rings is 1. The molecule has 0 atom stereocenters. The highest BCUT2D eigenvalue weighted by molar-refractivity contribution is 5.98. The minimum atomic E-state index is -0.0113. The summed E-state index contributed by atoms with van der Waals surface area (Å²) in [6.07, 6.45) is 1.42. The van der Waals surface area contributed by atoms with Gasteiger partial charge in [-0.1, -0.05) is 38.0 Å². The van der Waals surface area contributed by atoms with Crippen molar-refractivity contribution in [1.82, 2.24) is 4.98 Å². The van der Waals surface area contributed by atoms with Crippen LogP contribution in [0.2, 0.25) is 0 Å². The van der Waals surface area contributed by atoms with Gasteiger partial charge in [0.05, 0.1) is 5.69 Å².